The largest absolute Gasteiger partial charge is 0.504 e. The van der Waals surface area contributed by atoms with Gasteiger partial charge in [-0.3, -0.25) is 0 Å². The van der Waals surface area contributed by atoms with Crippen molar-refractivity contribution in [2.24, 2.45) is 5.92 Å². The van der Waals surface area contributed by atoms with Crippen molar-refractivity contribution >= 4 is 0 Å². The molecule has 0 aromatic heterocycles. The second-order valence-corrected chi connectivity index (χ2v) is 7.28. The number of benzene rings is 1. The Morgan fingerprint density at radius 2 is 2.19 bits per heavy atom. The number of aliphatic hydroxyl groups excluding tert-OH is 1. The van der Waals surface area contributed by atoms with Crippen molar-refractivity contribution in [3.05, 3.63) is 23.3 Å². The highest BCUT2D eigenvalue weighted by Crippen LogP contribution is 2.63. The zero-order chi connectivity index (χ0) is 14.4. The first-order chi connectivity index (χ1) is 10.1. The summed E-state index contributed by atoms with van der Waals surface area (Å²) in [6.45, 7) is 1.04. The van der Waals surface area contributed by atoms with Crippen LogP contribution in [0.3, 0.4) is 0 Å². The fourth-order valence-corrected chi connectivity index (χ4v) is 5.71. The lowest BCUT2D eigenvalue weighted by Crippen LogP contribution is -2.66. The number of likely N-dealkylation sites (tertiary alicyclic amines) is 1. The molecule has 0 radical (unpaired) electrons. The lowest BCUT2D eigenvalue weighted by molar-refractivity contribution is -0.0993. The van der Waals surface area contributed by atoms with E-state index in [1.54, 1.807) is 6.07 Å². The summed E-state index contributed by atoms with van der Waals surface area (Å²) in [6, 6.07) is 4.36. The number of rotatable bonds is 0. The smallest absolute Gasteiger partial charge is 0.165 e. The highest BCUT2D eigenvalue weighted by Gasteiger charge is 2.65. The molecule has 4 nitrogen and oxygen atoms in total. The normalized spacial score (nSPS) is 43.3. The van der Waals surface area contributed by atoms with Crippen LogP contribution in [0.4, 0.5) is 0 Å². The first-order valence-corrected chi connectivity index (χ1v) is 8.03. The maximum absolute atomic E-state index is 10.5. The number of phenolic OH excluding ortho intramolecular Hbond substituents is 1. The number of nitrogens with zero attached hydrogens (tertiary/aromatic N) is 1. The Kier molecular flexibility index (Phi) is 2.19. The molecule has 1 saturated heterocycles. The third kappa shape index (κ3) is 1.25. The molecule has 5 atom stereocenters. The minimum absolute atomic E-state index is 0.0729. The second-order valence-electron chi connectivity index (χ2n) is 7.28. The fraction of sp³-hybridized carbons (Fsp3) is 0.647. The molecule has 112 valence electrons. The number of ether oxygens (including phenoxy) is 1. The van der Waals surface area contributed by atoms with Gasteiger partial charge in [-0.2, -0.15) is 0 Å². The van der Waals surface area contributed by atoms with Gasteiger partial charge in [0.1, 0.15) is 6.10 Å². The number of aliphatic hydroxyl groups is 1. The van der Waals surface area contributed by atoms with Gasteiger partial charge in [0, 0.05) is 17.0 Å². The Morgan fingerprint density at radius 1 is 1.33 bits per heavy atom. The van der Waals surface area contributed by atoms with Crippen molar-refractivity contribution in [2.45, 2.75) is 49.3 Å². The predicted molar refractivity (Wildman–Crippen MR) is 77.7 cm³/mol. The molecule has 1 saturated carbocycles. The monoisotopic (exact) mass is 287 g/mol. The SMILES string of the molecule is CN1CC[C@]23c4c5ccc(O)c4O[C@H]2[C@H](O)CC[C@H]3[C@H]1C5. The minimum atomic E-state index is -0.414. The molecule has 1 spiro atoms. The van der Waals surface area contributed by atoms with Crippen LogP contribution in [0.1, 0.15) is 30.4 Å². The van der Waals surface area contributed by atoms with Crippen LogP contribution in [0.25, 0.3) is 0 Å². The quantitative estimate of drug-likeness (QED) is 0.758. The molecule has 2 aliphatic heterocycles. The van der Waals surface area contributed by atoms with Crippen LogP contribution >= 0.6 is 0 Å². The zero-order valence-corrected chi connectivity index (χ0v) is 12.2. The van der Waals surface area contributed by atoms with Gasteiger partial charge in [-0.25, -0.2) is 0 Å². The number of phenols is 1. The van der Waals surface area contributed by atoms with E-state index in [9.17, 15) is 10.2 Å². The summed E-state index contributed by atoms with van der Waals surface area (Å²) >= 11 is 0. The number of aromatic hydroxyl groups is 1. The van der Waals surface area contributed by atoms with Crippen molar-refractivity contribution in [3.63, 3.8) is 0 Å². The molecule has 2 aliphatic carbocycles. The van der Waals surface area contributed by atoms with E-state index in [0.29, 0.717) is 17.7 Å². The first kappa shape index (κ1) is 12.3. The van der Waals surface area contributed by atoms with Crippen LogP contribution in [0.15, 0.2) is 12.1 Å². The molecule has 0 amide bonds. The van der Waals surface area contributed by atoms with Crippen LogP contribution in [0, 0.1) is 5.92 Å². The minimum Gasteiger partial charge on any atom is -0.504 e. The van der Waals surface area contributed by atoms with Gasteiger partial charge in [0.15, 0.2) is 11.5 Å². The van der Waals surface area contributed by atoms with Crippen LogP contribution < -0.4 is 4.74 Å². The van der Waals surface area contributed by atoms with Gasteiger partial charge >= 0.3 is 0 Å². The summed E-state index contributed by atoms with van der Waals surface area (Å²) in [6.07, 6.45) is 3.35. The van der Waals surface area contributed by atoms with Crippen LogP contribution in [0.5, 0.6) is 11.5 Å². The van der Waals surface area contributed by atoms with E-state index < -0.39 is 6.10 Å². The molecule has 1 aromatic carbocycles. The first-order valence-electron chi connectivity index (χ1n) is 8.03. The lowest BCUT2D eigenvalue weighted by atomic mass is 9.51. The molecule has 1 aromatic rings. The predicted octanol–water partition coefficient (Wildman–Crippen LogP) is 1.42. The molecule has 0 unspecified atom stereocenters. The molecular weight excluding hydrogens is 266 g/mol. The van der Waals surface area contributed by atoms with Crippen molar-refractivity contribution in [1.82, 2.24) is 4.90 Å². The number of hydrogen-bond donors (Lipinski definition) is 2. The van der Waals surface area contributed by atoms with E-state index in [1.807, 2.05) is 0 Å². The summed E-state index contributed by atoms with van der Waals surface area (Å²) < 4.78 is 6.14. The molecule has 2 heterocycles. The van der Waals surface area contributed by atoms with Gasteiger partial charge in [0.2, 0.25) is 0 Å². The van der Waals surface area contributed by atoms with Gasteiger partial charge in [0.25, 0.3) is 0 Å². The Hall–Kier alpha value is -1.26. The Balaban J connectivity index is 1.81. The summed E-state index contributed by atoms with van der Waals surface area (Å²) in [5.41, 5.74) is 2.46. The van der Waals surface area contributed by atoms with E-state index in [2.05, 4.69) is 18.0 Å². The van der Waals surface area contributed by atoms with Gasteiger partial charge in [-0.15, -0.1) is 0 Å². The van der Waals surface area contributed by atoms with Crippen molar-refractivity contribution < 1.29 is 14.9 Å². The number of likely N-dealkylation sites (N-methyl/N-ethyl adjacent to an activating group) is 1. The van der Waals surface area contributed by atoms with Crippen LogP contribution in [-0.2, 0) is 11.8 Å². The average Bonchev–Trinajstić information content (AvgIpc) is 2.83. The van der Waals surface area contributed by atoms with Crippen molar-refractivity contribution in [3.8, 4) is 11.5 Å². The molecule has 4 aliphatic rings. The third-order valence-electron chi connectivity index (χ3n) is 6.56. The van der Waals surface area contributed by atoms with E-state index in [0.717, 1.165) is 32.2 Å². The fourth-order valence-electron chi connectivity index (χ4n) is 5.71. The maximum atomic E-state index is 10.5. The maximum Gasteiger partial charge on any atom is 0.165 e. The summed E-state index contributed by atoms with van der Waals surface area (Å²) in [4.78, 5) is 2.48. The highest BCUT2D eigenvalue weighted by atomic mass is 16.5. The number of piperidine rings is 1. The Labute approximate surface area is 124 Å². The topological polar surface area (TPSA) is 52.9 Å². The lowest BCUT2D eigenvalue weighted by Gasteiger charge is -2.58. The van der Waals surface area contributed by atoms with Gasteiger partial charge in [-0.1, -0.05) is 6.07 Å². The Morgan fingerprint density at radius 3 is 3.05 bits per heavy atom. The second kappa shape index (κ2) is 3.73. The summed E-state index contributed by atoms with van der Waals surface area (Å²) in [5, 5.41) is 20.8. The van der Waals surface area contributed by atoms with E-state index in [1.165, 1.54) is 11.1 Å². The molecule has 5 rings (SSSR count). The molecular formula is C17H21NO3. The molecule has 2 N–H and O–H groups in total. The van der Waals surface area contributed by atoms with Crippen molar-refractivity contribution in [2.75, 3.05) is 13.6 Å². The van der Waals surface area contributed by atoms with Crippen LogP contribution in [-0.4, -0.2) is 47.0 Å². The summed E-state index contributed by atoms with van der Waals surface area (Å²) in [5.74, 6) is 1.44. The molecule has 21 heavy (non-hydrogen) atoms. The van der Waals surface area contributed by atoms with Gasteiger partial charge in [0.05, 0.1) is 6.10 Å². The van der Waals surface area contributed by atoms with E-state index in [-0.39, 0.29) is 17.3 Å². The number of hydrogen-bond acceptors (Lipinski definition) is 4. The van der Waals surface area contributed by atoms with Gasteiger partial charge in [-0.05, 0) is 56.8 Å². The Bertz CT molecular complexity index is 631. The average molecular weight is 287 g/mol. The standard InChI is InChI=1S/C17H21NO3/c1-18-7-6-17-10-3-5-13(20)16(17)21-15-12(19)4-2-9(14(15)17)8-11(10)18/h2,4,10-11,13,16,19-20H,3,5-8H2,1H3/t10-,11+,13+,16-,17-/m0/s1. The molecule has 4 heteroatoms. The highest BCUT2D eigenvalue weighted by molar-refractivity contribution is 5.60. The van der Waals surface area contributed by atoms with Crippen molar-refractivity contribution in [1.29, 1.82) is 0 Å². The van der Waals surface area contributed by atoms with Gasteiger partial charge < -0.3 is 19.8 Å². The zero-order valence-electron chi connectivity index (χ0n) is 12.2. The summed E-state index contributed by atoms with van der Waals surface area (Å²) in [7, 11) is 2.22. The van der Waals surface area contributed by atoms with E-state index in [4.69, 9.17) is 4.74 Å². The van der Waals surface area contributed by atoms with Crippen LogP contribution in [0.2, 0.25) is 0 Å². The molecule has 2 fully saturated rings. The van der Waals surface area contributed by atoms with E-state index >= 15 is 0 Å². The third-order valence-corrected chi connectivity index (χ3v) is 6.56. The molecule has 2 bridgehead atoms.